The summed E-state index contributed by atoms with van der Waals surface area (Å²) in [5, 5.41) is 14.3. The number of aromatic nitrogens is 1. The number of piperazine rings is 1. The zero-order valence-electron chi connectivity index (χ0n) is 10.4. The number of nitrogens with zero attached hydrogens (tertiary/aromatic N) is 2. The topological polar surface area (TPSA) is 101 Å². The molecule has 0 aromatic carbocycles. The highest BCUT2D eigenvalue weighted by Gasteiger charge is 2.17. The normalized spacial score (nSPS) is 14.8. The van der Waals surface area contributed by atoms with E-state index in [2.05, 4.69) is 15.6 Å². The van der Waals surface area contributed by atoms with Gasteiger partial charge in [0.25, 0.3) is 5.91 Å². The van der Waals surface area contributed by atoms with E-state index in [4.69, 9.17) is 5.26 Å². The van der Waals surface area contributed by atoms with Gasteiger partial charge in [0.1, 0.15) is 11.8 Å². The maximum Gasteiger partial charge on any atom is 0.268 e. The zero-order chi connectivity index (χ0) is 13.7. The first-order chi connectivity index (χ1) is 9.20. The molecule has 1 aromatic heterocycles. The van der Waals surface area contributed by atoms with Crippen LogP contribution in [0.4, 0.5) is 0 Å². The summed E-state index contributed by atoms with van der Waals surface area (Å²) in [5.74, 6) is -0.480. The Labute approximate surface area is 110 Å². The molecule has 0 radical (unpaired) electrons. The summed E-state index contributed by atoms with van der Waals surface area (Å²) in [4.78, 5) is 27.9. The average Bonchev–Trinajstić information content (AvgIpc) is 2.94. The number of nitrogens with one attached hydrogen (secondary N) is 3. The van der Waals surface area contributed by atoms with Gasteiger partial charge in [-0.05, 0) is 6.07 Å². The molecular weight excluding hydrogens is 246 g/mol. The lowest BCUT2D eigenvalue weighted by atomic mass is 10.3. The highest BCUT2D eigenvalue weighted by atomic mass is 16.2. The van der Waals surface area contributed by atoms with Crippen LogP contribution in [0.1, 0.15) is 16.1 Å². The Morgan fingerprint density at radius 1 is 1.42 bits per heavy atom. The number of H-pyrrole nitrogens is 1. The third-order valence-corrected chi connectivity index (χ3v) is 2.93. The van der Waals surface area contributed by atoms with E-state index < -0.39 is 0 Å². The Hall–Kier alpha value is -2.33. The lowest BCUT2D eigenvalue weighted by Crippen LogP contribution is -2.49. The molecular formula is C12H15N5O2. The minimum Gasteiger partial charge on any atom is -0.356 e. The van der Waals surface area contributed by atoms with Crippen LogP contribution in [0.3, 0.4) is 0 Å². The van der Waals surface area contributed by atoms with Crippen molar-refractivity contribution in [2.75, 3.05) is 32.7 Å². The van der Waals surface area contributed by atoms with E-state index >= 15 is 0 Å². The Balaban J connectivity index is 1.83. The molecule has 1 aliphatic heterocycles. The van der Waals surface area contributed by atoms with E-state index in [9.17, 15) is 9.59 Å². The molecule has 19 heavy (non-hydrogen) atoms. The second-order valence-electron chi connectivity index (χ2n) is 4.23. The van der Waals surface area contributed by atoms with Crippen molar-refractivity contribution in [3.05, 3.63) is 23.5 Å². The van der Waals surface area contributed by atoms with Crippen molar-refractivity contribution in [3.63, 3.8) is 0 Å². The van der Waals surface area contributed by atoms with Crippen LogP contribution < -0.4 is 10.6 Å². The average molecular weight is 261 g/mol. The molecule has 7 heteroatoms. The standard InChI is InChI=1S/C12H15N5O2/c13-6-9-5-10(15-7-9)12(19)16-8-11(18)17-3-1-14-2-4-17/h5,7,14-15H,1-4,8H2,(H,16,19). The Kier molecular flexibility index (Phi) is 4.15. The fourth-order valence-electron chi connectivity index (χ4n) is 1.87. The number of rotatable bonds is 3. The van der Waals surface area contributed by atoms with E-state index in [0.29, 0.717) is 18.7 Å². The van der Waals surface area contributed by atoms with Gasteiger partial charge < -0.3 is 20.5 Å². The summed E-state index contributed by atoms with van der Waals surface area (Å²) in [7, 11) is 0. The van der Waals surface area contributed by atoms with Crippen molar-refractivity contribution in [1.29, 1.82) is 5.26 Å². The summed E-state index contributed by atoms with van der Waals surface area (Å²) < 4.78 is 0. The van der Waals surface area contributed by atoms with E-state index in [1.54, 1.807) is 4.90 Å². The van der Waals surface area contributed by atoms with E-state index in [-0.39, 0.29) is 24.1 Å². The predicted molar refractivity (Wildman–Crippen MR) is 67.3 cm³/mol. The molecule has 2 heterocycles. The van der Waals surface area contributed by atoms with Gasteiger partial charge in [-0.1, -0.05) is 0 Å². The van der Waals surface area contributed by atoms with Gasteiger partial charge in [-0.15, -0.1) is 0 Å². The van der Waals surface area contributed by atoms with E-state index in [1.165, 1.54) is 12.3 Å². The molecule has 0 saturated carbocycles. The number of nitriles is 1. The number of aromatic amines is 1. The third-order valence-electron chi connectivity index (χ3n) is 2.93. The van der Waals surface area contributed by atoms with Gasteiger partial charge in [-0.25, -0.2) is 0 Å². The molecule has 1 aliphatic rings. The minimum absolute atomic E-state index is 0.0280. The van der Waals surface area contributed by atoms with Crippen LogP contribution in [0.25, 0.3) is 0 Å². The second-order valence-corrected chi connectivity index (χ2v) is 4.23. The number of hydrogen-bond acceptors (Lipinski definition) is 4. The first-order valence-electron chi connectivity index (χ1n) is 6.06. The molecule has 7 nitrogen and oxygen atoms in total. The fraction of sp³-hybridized carbons (Fsp3) is 0.417. The van der Waals surface area contributed by atoms with Crippen molar-refractivity contribution in [1.82, 2.24) is 20.5 Å². The molecule has 2 amide bonds. The van der Waals surface area contributed by atoms with Gasteiger partial charge in [0.15, 0.2) is 0 Å². The van der Waals surface area contributed by atoms with E-state index in [0.717, 1.165) is 13.1 Å². The van der Waals surface area contributed by atoms with Crippen LogP contribution in [0, 0.1) is 11.3 Å². The number of carbonyl (C=O) groups excluding carboxylic acids is 2. The molecule has 100 valence electrons. The first kappa shape index (κ1) is 13.1. The lowest BCUT2D eigenvalue weighted by molar-refractivity contribution is -0.130. The van der Waals surface area contributed by atoms with Gasteiger partial charge in [-0.2, -0.15) is 5.26 Å². The third kappa shape index (κ3) is 3.33. The van der Waals surface area contributed by atoms with E-state index in [1.807, 2.05) is 6.07 Å². The molecule has 0 spiro atoms. The summed E-state index contributed by atoms with van der Waals surface area (Å²) in [5.41, 5.74) is 0.670. The van der Waals surface area contributed by atoms with Crippen LogP contribution >= 0.6 is 0 Å². The van der Waals surface area contributed by atoms with Gasteiger partial charge in [0.05, 0.1) is 12.1 Å². The SMILES string of the molecule is N#Cc1c[nH]c(C(=O)NCC(=O)N2CCNCC2)c1. The van der Waals surface area contributed by atoms with Crippen molar-refractivity contribution in [2.45, 2.75) is 0 Å². The second kappa shape index (κ2) is 6.02. The quantitative estimate of drug-likeness (QED) is 0.653. The van der Waals surface area contributed by atoms with Gasteiger partial charge >= 0.3 is 0 Å². The van der Waals surface area contributed by atoms with Crippen molar-refractivity contribution in [2.24, 2.45) is 0 Å². The maximum atomic E-state index is 11.8. The molecule has 0 atom stereocenters. The molecule has 0 bridgehead atoms. The lowest BCUT2D eigenvalue weighted by Gasteiger charge is -2.27. The molecule has 2 rings (SSSR count). The Bertz CT molecular complexity index is 510. The van der Waals surface area contributed by atoms with Crippen LogP contribution in [-0.2, 0) is 4.79 Å². The monoisotopic (exact) mass is 261 g/mol. The number of carbonyl (C=O) groups is 2. The number of hydrogen-bond donors (Lipinski definition) is 3. The van der Waals surface area contributed by atoms with Crippen molar-refractivity contribution in [3.8, 4) is 6.07 Å². The van der Waals surface area contributed by atoms with Crippen LogP contribution in [0.2, 0.25) is 0 Å². The highest BCUT2D eigenvalue weighted by molar-refractivity contribution is 5.95. The smallest absolute Gasteiger partial charge is 0.268 e. The molecule has 3 N–H and O–H groups in total. The van der Waals surface area contributed by atoms with Crippen molar-refractivity contribution < 1.29 is 9.59 Å². The molecule has 1 saturated heterocycles. The molecule has 0 aliphatic carbocycles. The summed E-state index contributed by atoms with van der Waals surface area (Å²) >= 11 is 0. The molecule has 0 unspecified atom stereocenters. The minimum atomic E-state index is -0.384. The van der Waals surface area contributed by atoms with Crippen molar-refractivity contribution >= 4 is 11.8 Å². The Morgan fingerprint density at radius 2 is 2.16 bits per heavy atom. The summed E-state index contributed by atoms with van der Waals surface area (Å²) in [6.07, 6.45) is 1.45. The summed E-state index contributed by atoms with van der Waals surface area (Å²) in [6.45, 7) is 2.86. The molecule has 1 aromatic rings. The van der Waals surface area contributed by atoms with Crippen LogP contribution in [0.5, 0.6) is 0 Å². The predicted octanol–water partition coefficient (Wildman–Crippen LogP) is -0.952. The highest BCUT2D eigenvalue weighted by Crippen LogP contribution is 2.01. The zero-order valence-corrected chi connectivity index (χ0v) is 10.4. The summed E-state index contributed by atoms with van der Waals surface area (Å²) in [6, 6.07) is 3.37. The number of amides is 2. The first-order valence-corrected chi connectivity index (χ1v) is 6.06. The van der Waals surface area contributed by atoms with Gasteiger partial charge in [0.2, 0.25) is 5.91 Å². The van der Waals surface area contributed by atoms with Crippen LogP contribution in [-0.4, -0.2) is 54.4 Å². The van der Waals surface area contributed by atoms with Gasteiger partial charge in [-0.3, -0.25) is 9.59 Å². The Morgan fingerprint density at radius 3 is 2.79 bits per heavy atom. The largest absolute Gasteiger partial charge is 0.356 e. The van der Waals surface area contributed by atoms with Crippen LogP contribution in [0.15, 0.2) is 12.3 Å². The van der Waals surface area contributed by atoms with Gasteiger partial charge in [0, 0.05) is 32.4 Å². The maximum absolute atomic E-state index is 11.8. The fourth-order valence-corrected chi connectivity index (χ4v) is 1.87. The molecule has 1 fully saturated rings.